The van der Waals surface area contributed by atoms with Crippen molar-refractivity contribution in [3.63, 3.8) is 0 Å². The summed E-state index contributed by atoms with van der Waals surface area (Å²) in [4.78, 5) is 11.0. The van der Waals surface area contributed by atoms with Crippen molar-refractivity contribution in [2.75, 3.05) is 31.6 Å². The third kappa shape index (κ3) is 3.78. The van der Waals surface area contributed by atoms with Gasteiger partial charge in [0.05, 0.1) is 25.2 Å². The average molecular weight is 294 g/mol. The number of carbonyl (C=O) groups is 1. The van der Waals surface area contributed by atoms with Gasteiger partial charge < -0.3 is 25.2 Å². The normalized spacial score (nSPS) is 15.9. The Labute approximate surface area is 124 Å². The summed E-state index contributed by atoms with van der Waals surface area (Å²) in [7, 11) is 0. The summed E-state index contributed by atoms with van der Waals surface area (Å²) in [6, 6.07) is 5.59. The van der Waals surface area contributed by atoms with Gasteiger partial charge in [0.25, 0.3) is 0 Å². The van der Waals surface area contributed by atoms with Crippen molar-refractivity contribution in [3.8, 4) is 11.5 Å². The smallest absolute Gasteiger partial charge is 0.305 e. The Morgan fingerprint density at radius 2 is 1.95 bits per heavy atom. The minimum Gasteiger partial charge on any atom is -0.490 e. The lowest BCUT2D eigenvalue weighted by Gasteiger charge is -2.43. The molecule has 1 aliphatic heterocycles. The van der Waals surface area contributed by atoms with Crippen molar-refractivity contribution >= 4 is 11.7 Å². The van der Waals surface area contributed by atoms with E-state index in [9.17, 15) is 4.79 Å². The molecule has 0 atom stereocenters. The van der Waals surface area contributed by atoms with Crippen molar-refractivity contribution in [1.29, 1.82) is 0 Å². The molecule has 21 heavy (non-hydrogen) atoms. The van der Waals surface area contributed by atoms with Gasteiger partial charge in [0.1, 0.15) is 0 Å². The highest BCUT2D eigenvalue weighted by atomic mass is 16.5. The van der Waals surface area contributed by atoms with Crippen LogP contribution in [0.5, 0.6) is 11.5 Å². The van der Waals surface area contributed by atoms with Gasteiger partial charge in [-0.2, -0.15) is 0 Å². The van der Waals surface area contributed by atoms with Crippen molar-refractivity contribution in [2.24, 2.45) is 0 Å². The second-order valence-corrected chi connectivity index (χ2v) is 5.11. The number of benzene rings is 1. The number of nitrogens with one attached hydrogen (secondary N) is 2. The average Bonchev–Trinajstić information content (AvgIpc) is 2.39. The van der Waals surface area contributed by atoms with Gasteiger partial charge in [-0.15, -0.1) is 0 Å². The summed E-state index contributed by atoms with van der Waals surface area (Å²) in [6.07, 6.45) is 0.0805. The molecular formula is C15H22N2O4. The molecule has 3 N–H and O–H groups in total. The van der Waals surface area contributed by atoms with E-state index in [1.807, 2.05) is 32.0 Å². The summed E-state index contributed by atoms with van der Waals surface area (Å²) < 4.78 is 11.1. The van der Waals surface area contributed by atoms with Gasteiger partial charge in [-0.3, -0.25) is 4.79 Å². The second-order valence-electron chi connectivity index (χ2n) is 5.11. The molecule has 1 fully saturated rings. The van der Waals surface area contributed by atoms with Gasteiger partial charge in [0, 0.05) is 24.8 Å². The second kappa shape index (κ2) is 6.67. The molecule has 2 rings (SSSR count). The fraction of sp³-hybridized carbons (Fsp3) is 0.533. The first-order valence-corrected chi connectivity index (χ1v) is 7.19. The van der Waals surface area contributed by atoms with Gasteiger partial charge >= 0.3 is 5.97 Å². The lowest BCUT2D eigenvalue weighted by molar-refractivity contribution is -0.138. The number of anilines is 1. The Morgan fingerprint density at radius 3 is 2.48 bits per heavy atom. The summed E-state index contributed by atoms with van der Waals surface area (Å²) in [5.74, 6) is 0.561. The molecule has 6 heteroatoms. The molecule has 1 aromatic carbocycles. The Hall–Kier alpha value is -1.95. The van der Waals surface area contributed by atoms with E-state index in [1.165, 1.54) is 0 Å². The molecule has 0 radical (unpaired) electrons. The van der Waals surface area contributed by atoms with Crippen LogP contribution in [-0.4, -0.2) is 42.9 Å². The minimum atomic E-state index is -0.806. The molecule has 0 amide bonds. The summed E-state index contributed by atoms with van der Waals surface area (Å²) in [5, 5.41) is 15.5. The molecule has 1 aliphatic rings. The SMILES string of the molecule is CCOc1ccc(NC2(CC(=O)O)CNC2)cc1OCC. The van der Waals surface area contributed by atoms with Gasteiger partial charge in [0.15, 0.2) is 11.5 Å². The first-order chi connectivity index (χ1) is 10.1. The molecule has 1 heterocycles. The fourth-order valence-electron chi connectivity index (χ4n) is 2.41. The molecule has 0 aromatic heterocycles. The van der Waals surface area contributed by atoms with Crippen LogP contribution in [0.2, 0.25) is 0 Å². The van der Waals surface area contributed by atoms with Crippen LogP contribution in [-0.2, 0) is 4.79 Å². The third-order valence-electron chi connectivity index (χ3n) is 3.37. The molecule has 1 aromatic rings. The fourth-order valence-corrected chi connectivity index (χ4v) is 2.41. The largest absolute Gasteiger partial charge is 0.490 e. The third-order valence-corrected chi connectivity index (χ3v) is 3.37. The molecule has 6 nitrogen and oxygen atoms in total. The molecule has 0 spiro atoms. The van der Waals surface area contributed by atoms with Gasteiger partial charge in [-0.1, -0.05) is 0 Å². The highest BCUT2D eigenvalue weighted by molar-refractivity contribution is 5.70. The number of aliphatic carboxylic acids is 1. The predicted molar refractivity (Wildman–Crippen MR) is 80.3 cm³/mol. The van der Waals surface area contributed by atoms with E-state index < -0.39 is 11.5 Å². The monoisotopic (exact) mass is 294 g/mol. The Bertz CT molecular complexity index is 500. The zero-order valence-electron chi connectivity index (χ0n) is 12.4. The topological polar surface area (TPSA) is 79.8 Å². The lowest BCUT2D eigenvalue weighted by atomic mass is 9.88. The minimum absolute atomic E-state index is 0.0805. The number of carboxylic acid groups (broad SMARTS) is 1. The lowest BCUT2D eigenvalue weighted by Crippen LogP contribution is -2.65. The maximum absolute atomic E-state index is 11.0. The molecule has 0 aliphatic carbocycles. The predicted octanol–water partition coefficient (Wildman–Crippen LogP) is 1.71. The highest BCUT2D eigenvalue weighted by Gasteiger charge is 2.39. The van der Waals surface area contributed by atoms with E-state index in [2.05, 4.69) is 10.6 Å². The molecule has 0 saturated carbocycles. The van der Waals surface area contributed by atoms with Crippen LogP contribution >= 0.6 is 0 Å². The number of hydrogen-bond donors (Lipinski definition) is 3. The van der Waals surface area contributed by atoms with Crippen molar-refractivity contribution in [2.45, 2.75) is 25.8 Å². The summed E-state index contributed by atoms with van der Waals surface area (Å²) in [5.41, 5.74) is 0.410. The Kier molecular flexibility index (Phi) is 4.90. The van der Waals surface area contributed by atoms with Crippen molar-refractivity contribution in [3.05, 3.63) is 18.2 Å². The number of hydrogen-bond acceptors (Lipinski definition) is 5. The number of rotatable bonds is 8. The summed E-state index contributed by atoms with van der Waals surface area (Å²) in [6.45, 7) is 6.22. The van der Waals surface area contributed by atoms with Crippen molar-refractivity contribution < 1.29 is 19.4 Å². The van der Waals surface area contributed by atoms with Crippen molar-refractivity contribution in [1.82, 2.24) is 5.32 Å². The van der Waals surface area contributed by atoms with Crippen LogP contribution in [0.4, 0.5) is 5.69 Å². The van der Waals surface area contributed by atoms with E-state index >= 15 is 0 Å². The van der Waals surface area contributed by atoms with E-state index in [4.69, 9.17) is 14.6 Å². The molecule has 0 bridgehead atoms. The molecule has 1 saturated heterocycles. The standard InChI is InChI=1S/C15H22N2O4/c1-3-20-12-6-5-11(7-13(12)21-4-2)17-15(8-14(18)19)9-16-10-15/h5-7,16-17H,3-4,8-10H2,1-2H3,(H,18,19). The molecule has 0 unspecified atom stereocenters. The first-order valence-electron chi connectivity index (χ1n) is 7.19. The van der Waals surface area contributed by atoms with Gasteiger partial charge in [0.2, 0.25) is 0 Å². The zero-order chi connectivity index (χ0) is 15.3. The molecule has 116 valence electrons. The van der Waals surface area contributed by atoms with Gasteiger partial charge in [-0.25, -0.2) is 0 Å². The van der Waals surface area contributed by atoms with Gasteiger partial charge in [-0.05, 0) is 26.0 Å². The number of ether oxygens (including phenoxy) is 2. The number of carboxylic acids is 1. The van der Waals surface area contributed by atoms with E-state index in [0.29, 0.717) is 37.8 Å². The first kappa shape index (κ1) is 15.4. The van der Waals surface area contributed by atoms with E-state index in [-0.39, 0.29) is 6.42 Å². The van der Waals surface area contributed by atoms with Crippen LogP contribution in [0.15, 0.2) is 18.2 Å². The molecular weight excluding hydrogens is 272 g/mol. The summed E-state index contributed by atoms with van der Waals surface area (Å²) >= 11 is 0. The van der Waals surface area contributed by atoms with Crippen LogP contribution < -0.4 is 20.1 Å². The van der Waals surface area contributed by atoms with Crippen LogP contribution in [0.3, 0.4) is 0 Å². The quantitative estimate of drug-likeness (QED) is 0.677. The maximum Gasteiger partial charge on any atom is 0.305 e. The Balaban J connectivity index is 2.15. The Morgan fingerprint density at radius 1 is 1.29 bits per heavy atom. The zero-order valence-corrected chi connectivity index (χ0v) is 12.4. The van der Waals surface area contributed by atoms with E-state index in [1.54, 1.807) is 0 Å². The van der Waals surface area contributed by atoms with Crippen LogP contribution in [0.1, 0.15) is 20.3 Å². The maximum atomic E-state index is 11.0. The van der Waals surface area contributed by atoms with Crippen LogP contribution in [0.25, 0.3) is 0 Å². The van der Waals surface area contributed by atoms with Crippen LogP contribution in [0, 0.1) is 0 Å². The van der Waals surface area contributed by atoms with E-state index in [0.717, 1.165) is 5.69 Å². The highest BCUT2D eigenvalue weighted by Crippen LogP contribution is 2.33.